The highest BCUT2D eigenvalue weighted by atomic mass is 15.2. The Labute approximate surface area is 167 Å². The molecule has 1 aromatic heterocycles. The molecular formula is C23H29N5. The van der Waals surface area contributed by atoms with Gasteiger partial charge < -0.3 is 15.5 Å². The molecule has 0 saturated heterocycles. The second kappa shape index (κ2) is 8.85. The first-order valence-corrected chi connectivity index (χ1v) is 9.60. The molecule has 3 rings (SSSR count). The van der Waals surface area contributed by atoms with Crippen LogP contribution in [0.5, 0.6) is 0 Å². The van der Waals surface area contributed by atoms with Crippen molar-refractivity contribution in [3.05, 3.63) is 65.2 Å². The maximum atomic E-state index is 4.77. The molecule has 0 fully saturated rings. The Hall–Kier alpha value is -2.92. The first-order valence-electron chi connectivity index (χ1n) is 9.60. The van der Waals surface area contributed by atoms with Crippen LogP contribution in [0.3, 0.4) is 0 Å². The SMILES string of the molecule is Cc1cc(C)c(Nc2nc(NCCN(C)C)cc(-c3ccccc3)n2)c(C)c1. The fourth-order valence-corrected chi connectivity index (χ4v) is 3.25. The van der Waals surface area contributed by atoms with Crippen LogP contribution in [0.25, 0.3) is 11.3 Å². The van der Waals surface area contributed by atoms with Crippen molar-refractivity contribution in [2.75, 3.05) is 37.8 Å². The number of benzene rings is 2. The van der Waals surface area contributed by atoms with Crippen LogP contribution in [0, 0.1) is 20.8 Å². The van der Waals surface area contributed by atoms with Crippen LogP contribution in [-0.2, 0) is 0 Å². The minimum absolute atomic E-state index is 0.601. The van der Waals surface area contributed by atoms with Gasteiger partial charge in [-0.25, -0.2) is 4.98 Å². The zero-order chi connectivity index (χ0) is 20.1. The normalized spacial score (nSPS) is 10.9. The number of nitrogens with one attached hydrogen (secondary N) is 2. The Morgan fingerprint density at radius 2 is 1.57 bits per heavy atom. The van der Waals surface area contributed by atoms with Gasteiger partial charge >= 0.3 is 0 Å². The van der Waals surface area contributed by atoms with Gasteiger partial charge in [0, 0.05) is 30.4 Å². The largest absolute Gasteiger partial charge is 0.369 e. The van der Waals surface area contributed by atoms with Crippen molar-refractivity contribution in [1.82, 2.24) is 14.9 Å². The van der Waals surface area contributed by atoms with E-state index in [1.807, 2.05) is 24.3 Å². The van der Waals surface area contributed by atoms with Crippen molar-refractivity contribution in [2.45, 2.75) is 20.8 Å². The topological polar surface area (TPSA) is 53.1 Å². The fraction of sp³-hybridized carbons (Fsp3) is 0.304. The second-order valence-corrected chi connectivity index (χ2v) is 7.46. The van der Waals surface area contributed by atoms with E-state index in [0.29, 0.717) is 5.95 Å². The molecule has 0 aliphatic heterocycles. The second-order valence-electron chi connectivity index (χ2n) is 7.46. The zero-order valence-corrected chi connectivity index (χ0v) is 17.4. The maximum Gasteiger partial charge on any atom is 0.229 e. The van der Waals surface area contributed by atoms with Gasteiger partial charge in [-0.3, -0.25) is 0 Å². The number of anilines is 3. The molecule has 2 aromatic carbocycles. The average Bonchev–Trinajstić information content (AvgIpc) is 2.65. The molecule has 0 aliphatic carbocycles. The lowest BCUT2D eigenvalue weighted by Crippen LogP contribution is -2.21. The summed E-state index contributed by atoms with van der Waals surface area (Å²) in [6, 6.07) is 16.6. The predicted octanol–water partition coefficient (Wildman–Crippen LogP) is 4.79. The molecule has 146 valence electrons. The number of rotatable bonds is 7. The standard InChI is InChI=1S/C23H29N5/c1-16-13-17(2)22(18(3)14-16)27-23-25-20(19-9-7-6-8-10-19)15-21(26-23)24-11-12-28(4)5/h6-10,13-15H,11-12H2,1-5H3,(H2,24,25,26,27). The van der Waals surface area contributed by atoms with Gasteiger partial charge in [0.05, 0.1) is 5.69 Å². The summed E-state index contributed by atoms with van der Waals surface area (Å²) in [5.41, 5.74) is 6.66. The quantitative estimate of drug-likeness (QED) is 0.622. The zero-order valence-electron chi connectivity index (χ0n) is 17.4. The summed E-state index contributed by atoms with van der Waals surface area (Å²) in [4.78, 5) is 11.6. The third kappa shape index (κ3) is 5.08. The van der Waals surface area contributed by atoms with E-state index in [1.165, 1.54) is 16.7 Å². The number of likely N-dealkylation sites (N-methyl/N-ethyl adjacent to an activating group) is 1. The summed E-state index contributed by atoms with van der Waals surface area (Å²) in [6.07, 6.45) is 0. The highest BCUT2D eigenvalue weighted by Gasteiger charge is 2.10. The third-order valence-electron chi connectivity index (χ3n) is 4.57. The van der Waals surface area contributed by atoms with Crippen LogP contribution in [0.15, 0.2) is 48.5 Å². The van der Waals surface area contributed by atoms with Gasteiger partial charge in [0.15, 0.2) is 0 Å². The Morgan fingerprint density at radius 3 is 2.21 bits per heavy atom. The van der Waals surface area contributed by atoms with Crippen molar-refractivity contribution in [2.24, 2.45) is 0 Å². The Balaban J connectivity index is 1.95. The Bertz CT molecular complexity index is 912. The number of aryl methyl sites for hydroxylation is 3. The van der Waals surface area contributed by atoms with Gasteiger partial charge in [0.25, 0.3) is 0 Å². The molecule has 0 aliphatic rings. The van der Waals surface area contributed by atoms with Crippen molar-refractivity contribution < 1.29 is 0 Å². The van der Waals surface area contributed by atoms with Crippen molar-refractivity contribution in [3.8, 4) is 11.3 Å². The van der Waals surface area contributed by atoms with E-state index in [-0.39, 0.29) is 0 Å². The molecule has 28 heavy (non-hydrogen) atoms. The minimum atomic E-state index is 0.601. The highest BCUT2D eigenvalue weighted by Crippen LogP contribution is 2.27. The van der Waals surface area contributed by atoms with Gasteiger partial charge in [-0.15, -0.1) is 0 Å². The Kier molecular flexibility index (Phi) is 6.26. The lowest BCUT2D eigenvalue weighted by molar-refractivity contribution is 0.425. The van der Waals surface area contributed by atoms with Crippen LogP contribution in [-0.4, -0.2) is 42.1 Å². The van der Waals surface area contributed by atoms with Gasteiger partial charge in [0.2, 0.25) is 5.95 Å². The molecule has 0 amide bonds. The first-order chi connectivity index (χ1) is 13.4. The molecule has 0 unspecified atom stereocenters. The summed E-state index contributed by atoms with van der Waals surface area (Å²) >= 11 is 0. The predicted molar refractivity (Wildman–Crippen MR) is 118 cm³/mol. The van der Waals surface area contributed by atoms with E-state index in [4.69, 9.17) is 9.97 Å². The van der Waals surface area contributed by atoms with Gasteiger partial charge in [-0.05, 0) is 46.0 Å². The summed E-state index contributed by atoms with van der Waals surface area (Å²) in [6.45, 7) is 8.09. The van der Waals surface area contributed by atoms with Gasteiger partial charge in [-0.1, -0.05) is 48.0 Å². The Morgan fingerprint density at radius 1 is 0.893 bits per heavy atom. The number of hydrogen-bond donors (Lipinski definition) is 2. The van der Waals surface area contributed by atoms with Gasteiger partial charge in [0.1, 0.15) is 5.82 Å². The van der Waals surface area contributed by atoms with Gasteiger partial charge in [-0.2, -0.15) is 4.98 Å². The van der Waals surface area contributed by atoms with E-state index in [0.717, 1.165) is 35.9 Å². The monoisotopic (exact) mass is 375 g/mol. The summed E-state index contributed by atoms with van der Waals surface area (Å²) in [5.74, 6) is 1.42. The van der Waals surface area contributed by atoms with E-state index in [2.05, 4.69) is 74.7 Å². The summed E-state index contributed by atoms with van der Waals surface area (Å²) in [7, 11) is 4.12. The van der Waals surface area contributed by atoms with Crippen LogP contribution in [0.1, 0.15) is 16.7 Å². The fourth-order valence-electron chi connectivity index (χ4n) is 3.25. The number of nitrogens with zero attached hydrogens (tertiary/aromatic N) is 3. The van der Waals surface area contributed by atoms with Crippen LogP contribution in [0.2, 0.25) is 0 Å². The summed E-state index contributed by atoms with van der Waals surface area (Å²) < 4.78 is 0. The molecule has 0 atom stereocenters. The molecule has 3 aromatic rings. The number of hydrogen-bond acceptors (Lipinski definition) is 5. The van der Waals surface area contributed by atoms with E-state index in [9.17, 15) is 0 Å². The molecular weight excluding hydrogens is 346 g/mol. The molecule has 5 heteroatoms. The molecule has 0 spiro atoms. The van der Waals surface area contributed by atoms with E-state index in [1.54, 1.807) is 0 Å². The molecule has 0 saturated carbocycles. The summed E-state index contributed by atoms with van der Waals surface area (Å²) in [5, 5.41) is 6.86. The highest BCUT2D eigenvalue weighted by molar-refractivity contribution is 5.68. The lowest BCUT2D eigenvalue weighted by Gasteiger charge is -2.16. The van der Waals surface area contributed by atoms with Crippen LogP contribution < -0.4 is 10.6 Å². The smallest absolute Gasteiger partial charge is 0.229 e. The minimum Gasteiger partial charge on any atom is -0.369 e. The van der Waals surface area contributed by atoms with Crippen LogP contribution >= 0.6 is 0 Å². The van der Waals surface area contributed by atoms with Crippen molar-refractivity contribution in [3.63, 3.8) is 0 Å². The van der Waals surface area contributed by atoms with Crippen LogP contribution in [0.4, 0.5) is 17.5 Å². The van der Waals surface area contributed by atoms with Crippen molar-refractivity contribution in [1.29, 1.82) is 0 Å². The molecule has 2 N–H and O–H groups in total. The molecule has 0 radical (unpaired) electrons. The third-order valence-corrected chi connectivity index (χ3v) is 4.57. The maximum absolute atomic E-state index is 4.77. The molecule has 1 heterocycles. The lowest BCUT2D eigenvalue weighted by atomic mass is 10.1. The van der Waals surface area contributed by atoms with E-state index < -0.39 is 0 Å². The number of aromatic nitrogens is 2. The molecule has 5 nitrogen and oxygen atoms in total. The molecule has 0 bridgehead atoms. The average molecular weight is 376 g/mol. The first kappa shape index (κ1) is 19.8. The van der Waals surface area contributed by atoms with E-state index >= 15 is 0 Å². The van der Waals surface area contributed by atoms with Crippen molar-refractivity contribution >= 4 is 17.5 Å².